The largest absolute Gasteiger partial charge is 0.472 e. The zero-order valence-corrected chi connectivity index (χ0v) is 13.7. The summed E-state index contributed by atoms with van der Waals surface area (Å²) in [7, 11) is 0. The molecule has 0 saturated carbocycles. The molecule has 21 heavy (non-hydrogen) atoms. The molecule has 2 rings (SSSR count). The summed E-state index contributed by atoms with van der Waals surface area (Å²) in [5.74, 6) is -0.410. The second kappa shape index (κ2) is 6.53. The van der Waals surface area contributed by atoms with Gasteiger partial charge in [0.2, 0.25) is 9.67 Å². The highest BCUT2D eigenvalue weighted by atomic mass is 35.6. The minimum atomic E-state index is -1.80. The van der Waals surface area contributed by atoms with Gasteiger partial charge in [0.15, 0.2) is 5.82 Å². The second-order valence-electron chi connectivity index (χ2n) is 4.13. The van der Waals surface area contributed by atoms with Gasteiger partial charge in [0, 0.05) is 5.56 Å². The van der Waals surface area contributed by atoms with Gasteiger partial charge in [0.25, 0.3) is 0 Å². The molecule has 0 N–H and O–H groups in total. The smallest absolute Gasteiger partial charge is 0.250 e. The lowest BCUT2D eigenvalue weighted by Crippen LogP contribution is -2.11. The van der Waals surface area contributed by atoms with Crippen molar-refractivity contribution in [1.82, 2.24) is 9.97 Å². The molecule has 2 aromatic rings. The Kier molecular flexibility index (Phi) is 5.15. The summed E-state index contributed by atoms with van der Waals surface area (Å²) in [6.07, 6.45) is 0. The van der Waals surface area contributed by atoms with Gasteiger partial charge in [-0.2, -0.15) is 4.98 Å². The van der Waals surface area contributed by atoms with Gasteiger partial charge in [-0.25, -0.2) is 9.37 Å². The average molecular weight is 370 g/mol. The van der Waals surface area contributed by atoms with Crippen molar-refractivity contribution in [2.24, 2.45) is 0 Å². The zero-order chi connectivity index (χ0) is 15.6. The zero-order valence-electron chi connectivity index (χ0n) is 10.7. The van der Waals surface area contributed by atoms with Gasteiger partial charge >= 0.3 is 0 Å². The fraction of sp³-hybridized carbons (Fsp3) is 0.231. The summed E-state index contributed by atoms with van der Waals surface area (Å²) >= 11 is 23.3. The molecule has 0 spiro atoms. The third-order valence-electron chi connectivity index (χ3n) is 2.56. The second-order valence-corrected chi connectivity index (χ2v) is 6.79. The fourth-order valence-electron chi connectivity index (χ4n) is 1.52. The fourth-order valence-corrected chi connectivity index (χ4v) is 1.91. The molecule has 0 aliphatic carbocycles. The van der Waals surface area contributed by atoms with Crippen LogP contribution in [0, 0.1) is 12.7 Å². The first-order chi connectivity index (χ1) is 9.79. The molecule has 0 amide bonds. The Morgan fingerprint density at radius 2 is 1.86 bits per heavy atom. The maximum atomic E-state index is 13.5. The van der Waals surface area contributed by atoms with E-state index in [1.807, 2.05) is 0 Å². The lowest BCUT2D eigenvalue weighted by molar-refractivity contribution is 0.286. The number of benzene rings is 1. The highest BCUT2D eigenvalue weighted by Gasteiger charge is 2.29. The number of rotatable bonds is 3. The van der Waals surface area contributed by atoms with Gasteiger partial charge in [-0.05, 0) is 13.0 Å². The van der Waals surface area contributed by atoms with E-state index in [9.17, 15) is 4.39 Å². The van der Waals surface area contributed by atoms with Gasteiger partial charge < -0.3 is 4.74 Å². The van der Waals surface area contributed by atoms with Crippen LogP contribution in [0.2, 0.25) is 5.02 Å². The molecule has 8 heteroatoms. The molecule has 0 atom stereocenters. The van der Waals surface area contributed by atoms with Gasteiger partial charge in [-0.3, -0.25) is 0 Å². The normalized spacial score (nSPS) is 11.5. The van der Waals surface area contributed by atoms with E-state index in [1.165, 1.54) is 6.07 Å². The van der Waals surface area contributed by atoms with Gasteiger partial charge in [-0.1, -0.05) is 64.6 Å². The number of ether oxygens (including phenoxy) is 1. The number of hydrogen-bond acceptors (Lipinski definition) is 3. The molecule has 1 heterocycles. The number of halogens is 5. The van der Waals surface area contributed by atoms with Crippen LogP contribution in [0.5, 0.6) is 5.88 Å². The Balaban J connectivity index is 2.28. The topological polar surface area (TPSA) is 35.0 Å². The number of nitrogens with zero attached hydrogens (tertiary/aromatic N) is 2. The van der Waals surface area contributed by atoms with E-state index in [2.05, 4.69) is 9.97 Å². The predicted octanol–water partition coefficient (Wildman–Crippen LogP) is 4.98. The molecule has 0 fully saturated rings. The molecular formula is C13H9Cl4FN2O. The summed E-state index contributed by atoms with van der Waals surface area (Å²) in [5.41, 5.74) is 0.761. The Hall–Kier alpha value is -0.810. The summed E-state index contributed by atoms with van der Waals surface area (Å²) in [6, 6.07) is 6.20. The predicted molar refractivity (Wildman–Crippen MR) is 81.7 cm³/mol. The van der Waals surface area contributed by atoms with Gasteiger partial charge in [0.05, 0.1) is 5.69 Å². The molecular weight excluding hydrogens is 361 g/mol. The van der Waals surface area contributed by atoms with Crippen LogP contribution in [0.3, 0.4) is 0 Å². The highest BCUT2D eigenvalue weighted by Crippen LogP contribution is 2.38. The standard InChI is InChI=1S/C13H9Cl4FN2O/c1-7-10(14)11(20-12(19-7)13(15,16)17)21-6-8-4-2-3-5-9(8)18/h2-5H,6H2,1H3. The van der Waals surface area contributed by atoms with E-state index in [0.29, 0.717) is 11.3 Å². The molecule has 0 bridgehead atoms. The number of aromatic nitrogens is 2. The maximum absolute atomic E-state index is 13.5. The lowest BCUT2D eigenvalue weighted by Gasteiger charge is -2.14. The van der Waals surface area contributed by atoms with Crippen molar-refractivity contribution in [3.63, 3.8) is 0 Å². The van der Waals surface area contributed by atoms with Crippen molar-refractivity contribution in [3.05, 3.63) is 52.2 Å². The van der Waals surface area contributed by atoms with Crippen molar-refractivity contribution in [2.75, 3.05) is 0 Å². The minimum Gasteiger partial charge on any atom is -0.472 e. The molecule has 0 radical (unpaired) electrons. The quantitative estimate of drug-likeness (QED) is 0.715. The first-order valence-corrected chi connectivity index (χ1v) is 7.27. The molecule has 1 aromatic heterocycles. The summed E-state index contributed by atoms with van der Waals surface area (Å²) in [4.78, 5) is 7.95. The van der Waals surface area contributed by atoms with E-state index in [-0.39, 0.29) is 29.2 Å². The summed E-state index contributed by atoms with van der Waals surface area (Å²) in [5, 5.41) is 0.185. The monoisotopic (exact) mass is 368 g/mol. The SMILES string of the molecule is Cc1nc(C(Cl)(Cl)Cl)nc(OCc2ccccc2F)c1Cl. The maximum Gasteiger partial charge on any atom is 0.250 e. The third kappa shape index (κ3) is 4.10. The van der Waals surface area contributed by atoms with Crippen LogP contribution in [0.15, 0.2) is 24.3 Å². The Bertz CT molecular complexity index is 661. The summed E-state index contributed by atoms with van der Waals surface area (Å²) < 4.78 is 17.2. The molecule has 0 aliphatic rings. The first kappa shape index (κ1) is 16.6. The van der Waals surface area contributed by atoms with Crippen LogP contribution in [0.25, 0.3) is 0 Å². The Morgan fingerprint density at radius 3 is 2.48 bits per heavy atom. The van der Waals surface area contributed by atoms with Crippen LogP contribution in [0.1, 0.15) is 17.1 Å². The average Bonchev–Trinajstić information content (AvgIpc) is 2.40. The van der Waals surface area contributed by atoms with E-state index < -0.39 is 3.79 Å². The van der Waals surface area contributed by atoms with Gasteiger partial charge in [-0.15, -0.1) is 0 Å². The number of aryl methyl sites for hydroxylation is 1. The third-order valence-corrected chi connectivity index (χ3v) is 3.50. The Labute approximate surface area is 141 Å². The van der Waals surface area contributed by atoms with Crippen LogP contribution in [-0.4, -0.2) is 9.97 Å². The van der Waals surface area contributed by atoms with Gasteiger partial charge in [0.1, 0.15) is 17.4 Å². The van der Waals surface area contributed by atoms with E-state index in [1.54, 1.807) is 25.1 Å². The van der Waals surface area contributed by atoms with Crippen molar-refractivity contribution in [2.45, 2.75) is 17.3 Å². The first-order valence-electron chi connectivity index (χ1n) is 5.76. The molecule has 0 unspecified atom stereocenters. The lowest BCUT2D eigenvalue weighted by atomic mass is 10.2. The van der Waals surface area contributed by atoms with Crippen molar-refractivity contribution >= 4 is 46.4 Å². The van der Waals surface area contributed by atoms with Crippen LogP contribution in [-0.2, 0) is 10.4 Å². The molecule has 1 aromatic carbocycles. The van der Waals surface area contributed by atoms with Crippen LogP contribution < -0.4 is 4.74 Å². The molecule has 0 aliphatic heterocycles. The molecule has 3 nitrogen and oxygen atoms in total. The Morgan fingerprint density at radius 1 is 1.19 bits per heavy atom. The number of alkyl halides is 3. The van der Waals surface area contributed by atoms with Crippen LogP contribution >= 0.6 is 46.4 Å². The van der Waals surface area contributed by atoms with Crippen molar-refractivity contribution in [1.29, 1.82) is 0 Å². The molecule has 0 saturated heterocycles. The van der Waals surface area contributed by atoms with E-state index in [4.69, 9.17) is 51.1 Å². The van der Waals surface area contributed by atoms with E-state index >= 15 is 0 Å². The minimum absolute atomic E-state index is 0.0359. The van der Waals surface area contributed by atoms with Crippen molar-refractivity contribution in [3.8, 4) is 5.88 Å². The highest BCUT2D eigenvalue weighted by molar-refractivity contribution is 6.66. The van der Waals surface area contributed by atoms with Crippen molar-refractivity contribution < 1.29 is 9.13 Å². The van der Waals surface area contributed by atoms with E-state index in [0.717, 1.165) is 0 Å². The molecule has 112 valence electrons. The number of hydrogen-bond donors (Lipinski definition) is 0. The van der Waals surface area contributed by atoms with Crippen LogP contribution in [0.4, 0.5) is 4.39 Å². The summed E-state index contributed by atoms with van der Waals surface area (Å²) in [6.45, 7) is 1.57.